The molecule has 164 valence electrons. The van der Waals surface area contributed by atoms with Crippen molar-refractivity contribution in [1.29, 1.82) is 0 Å². The van der Waals surface area contributed by atoms with Crippen LogP contribution >= 0.6 is 0 Å². The van der Waals surface area contributed by atoms with Gasteiger partial charge in [0, 0.05) is 32.4 Å². The Hall–Kier alpha value is -2.41. The third-order valence-electron chi connectivity index (χ3n) is 4.52. The molecule has 2 heterocycles. The first kappa shape index (κ1) is 22.3. The van der Waals surface area contributed by atoms with E-state index < -0.39 is 44.2 Å². The molecule has 3 rings (SSSR count). The van der Waals surface area contributed by atoms with Crippen molar-refractivity contribution in [3.05, 3.63) is 53.5 Å². The summed E-state index contributed by atoms with van der Waals surface area (Å²) in [5.41, 5.74) is -2.61. The van der Waals surface area contributed by atoms with E-state index in [0.29, 0.717) is 12.3 Å². The molecule has 1 aliphatic rings. The van der Waals surface area contributed by atoms with Gasteiger partial charge in [0.15, 0.2) is 0 Å². The number of nitrogens with zero attached hydrogens (tertiary/aromatic N) is 3. The van der Waals surface area contributed by atoms with Gasteiger partial charge in [-0.25, -0.2) is 17.8 Å². The van der Waals surface area contributed by atoms with Gasteiger partial charge in [0.2, 0.25) is 10.0 Å². The zero-order valence-electron chi connectivity index (χ0n) is 15.0. The maximum absolute atomic E-state index is 13.4. The number of aromatic nitrogens is 1. The Morgan fingerprint density at radius 3 is 2.00 bits per heavy atom. The molecular formula is C17H14F7N3O2S. The van der Waals surface area contributed by atoms with E-state index in [9.17, 15) is 39.2 Å². The molecule has 1 aromatic carbocycles. The van der Waals surface area contributed by atoms with Crippen molar-refractivity contribution in [3.8, 4) is 0 Å². The molecule has 2 aromatic rings. The topological polar surface area (TPSA) is 53.5 Å². The number of anilines is 1. The monoisotopic (exact) mass is 457 g/mol. The van der Waals surface area contributed by atoms with Crippen LogP contribution in [0.15, 0.2) is 41.4 Å². The summed E-state index contributed by atoms with van der Waals surface area (Å²) >= 11 is 0. The first-order valence-electron chi connectivity index (χ1n) is 8.45. The zero-order valence-corrected chi connectivity index (χ0v) is 15.8. The van der Waals surface area contributed by atoms with E-state index >= 15 is 0 Å². The van der Waals surface area contributed by atoms with Gasteiger partial charge in [0.05, 0.1) is 16.0 Å². The highest BCUT2D eigenvalue weighted by atomic mass is 32.2. The SMILES string of the molecule is O=S(=O)(c1ccc(F)c(C(F)(F)F)c1)N1CCN(c2ccc(C(F)(F)F)cn2)CC1. The molecule has 0 atom stereocenters. The lowest BCUT2D eigenvalue weighted by molar-refractivity contribution is -0.140. The van der Waals surface area contributed by atoms with Crippen LogP contribution in [0.2, 0.25) is 0 Å². The van der Waals surface area contributed by atoms with E-state index in [1.54, 1.807) is 4.90 Å². The molecule has 13 heteroatoms. The number of benzene rings is 1. The van der Waals surface area contributed by atoms with Gasteiger partial charge in [-0.15, -0.1) is 0 Å². The summed E-state index contributed by atoms with van der Waals surface area (Å²) in [5.74, 6) is -1.37. The van der Waals surface area contributed by atoms with Crippen molar-refractivity contribution < 1.29 is 39.2 Å². The number of alkyl halides is 6. The second-order valence-corrected chi connectivity index (χ2v) is 8.37. The molecule has 0 spiro atoms. The van der Waals surface area contributed by atoms with Crippen molar-refractivity contribution in [2.75, 3.05) is 31.1 Å². The van der Waals surface area contributed by atoms with Gasteiger partial charge in [-0.3, -0.25) is 0 Å². The van der Waals surface area contributed by atoms with Crippen LogP contribution in [0, 0.1) is 5.82 Å². The Morgan fingerprint density at radius 2 is 1.50 bits per heavy atom. The molecule has 5 nitrogen and oxygen atoms in total. The first-order chi connectivity index (χ1) is 13.8. The van der Waals surface area contributed by atoms with Crippen molar-refractivity contribution in [3.63, 3.8) is 0 Å². The maximum Gasteiger partial charge on any atom is 0.419 e. The van der Waals surface area contributed by atoms with Gasteiger partial charge in [-0.2, -0.15) is 30.6 Å². The number of hydrogen-bond donors (Lipinski definition) is 0. The Labute approximate surface area is 166 Å². The number of pyridine rings is 1. The van der Waals surface area contributed by atoms with Crippen LogP contribution in [0.3, 0.4) is 0 Å². The second kappa shape index (κ2) is 7.69. The Kier molecular flexibility index (Phi) is 5.71. The minimum atomic E-state index is -5.05. The largest absolute Gasteiger partial charge is 0.419 e. The summed E-state index contributed by atoms with van der Waals surface area (Å²) in [5, 5.41) is 0. The quantitative estimate of drug-likeness (QED) is 0.659. The summed E-state index contributed by atoms with van der Waals surface area (Å²) in [6.07, 6.45) is -8.93. The number of halogens is 7. The summed E-state index contributed by atoms with van der Waals surface area (Å²) in [6.45, 7) is -0.149. The number of rotatable bonds is 3. The molecule has 0 bridgehead atoms. The van der Waals surface area contributed by atoms with E-state index in [0.717, 1.165) is 22.5 Å². The van der Waals surface area contributed by atoms with E-state index in [4.69, 9.17) is 0 Å². The molecule has 0 saturated carbocycles. The van der Waals surface area contributed by atoms with E-state index in [-0.39, 0.29) is 38.1 Å². The summed E-state index contributed by atoms with van der Waals surface area (Å²) < 4.78 is 116. The molecule has 1 aromatic heterocycles. The lowest BCUT2D eigenvalue weighted by Gasteiger charge is -2.34. The van der Waals surface area contributed by atoms with Crippen LogP contribution in [0.4, 0.5) is 36.6 Å². The Morgan fingerprint density at radius 1 is 0.867 bits per heavy atom. The van der Waals surface area contributed by atoms with Gasteiger partial charge in [-0.1, -0.05) is 0 Å². The number of piperazine rings is 1. The summed E-state index contributed by atoms with van der Waals surface area (Å²) in [4.78, 5) is 4.59. The Bertz CT molecular complexity index is 1010. The fourth-order valence-corrected chi connectivity index (χ4v) is 4.38. The minimum Gasteiger partial charge on any atom is -0.354 e. The lowest BCUT2D eigenvalue weighted by Crippen LogP contribution is -2.49. The Balaban J connectivity index is 1.74. The highest BCUT2D eigenvalue weighted by Crippen LogP contribution is 2.34. The molecule has 0 amide bonds. The molecule has 0 radical (unpaired) electrons. The van der Waals surface area contributed by atoms with Crippen LogP contribution in [0.1, 0.15) is 11.1 Å². The predicted molar refractivity (Wildman–Crippen MR) is 91.6 cm³/mol. The van der Waals surface area contributed by atoms with Crippen LogP contribution in [0.25, 0.3) is 0 Å². The smallest absolute Gasteiger partial charge is 0.354 e. The second-order valence-electron chi connectivity index (χ2n) is 6.43. The summed E-state index contributed by atoms with van der Waals surface area (Å²) in [7, 11) is -4.32. The molecule has 0 unspecified atom stereocenters. The number of sulfonamides is 1. The van der Waals surface area contributed by atoms with E-state index in [1.807, 2.05) is 0 Å². The normalized spacial score (nSPS) is 16.7. The minimum absolute atomic E-state index is 0.0604. The molecular weight excluding hydrogens is 443 g/mol. The van der Waals surface area contributed by atoms with Crippen LogP contribution < -0.4 is 4.90 Å². The van der Waals surface area contributed by atoms with Gasteiger partial charge in [-0.05, 0) is 30.3 Å². The standard InChI is InChI=1S/C17H14F7N3O2S/c18-14-3-2-12(9-13(14)17(22,23)24)30(28,29)27-7-5-26(6-8-27)15-4-1-11(10-25-15)16(19,20)21/h1-4,9-10H,5-8H2. The predicted octanol–water partition coefficient (Wildman–Crippen LogP) is 3.77. The number of hydrogen-bond acceptors (Lipinski definition) is 4. The molecule has 30 heavy (non-hydrogen) atoms. The molecule has 1 aliphatic heterocycles. The van der Waals surface area contributed by atoms with E-state index in [2.05, 4.69) is 4.98 Å². The summed E-state index contributed by atoms with van der Waals surface area (Å²) in [6, 6.07) is 3.45. The third kappa shape index (κ3) is 4.51. The van der Waals surface area contributed by atoms with Crippen molar-refractivity contribution in [2.24, 2.45) is 0 Å². The van der Waals surface area contributed by atoms with Crippen LogP contribution in [0.5, 0.6) is 0 Å². The van der Waals surface area contributed by atoms with Crippen LogP contribution in [-0.4, -0.2) is 43.9 Å². The third-order valence-corrected chi connectivity index (χ3v) is 6.41. The van der Waals surface area contributed by atoms with Gasteiger partial charge >= 0.3 is 12.4 Å². The fourth-order valence-electron chi connectivity index (χ4n) is 2.93. The van der Waals surface area contributed by atoms with E-state index in [1.165, 1.54) is 0 Å². The van der Waals surface area contributed by atoms with Gasteiger partial charge < -0.3 is 4.90 Å². The first-order valence-corrected chi connectivity index (χ1v) is 9.89. The highest BCUT2D eigenvalue weighted by molar-refractivity contribution is 7.89. The highest BCUT2D eigenvalue weighted by Gasteiger charge is 2.37. The molecule has 1 fully saturated rings. The molecule has 0 aliphatic carbocycles. The molecule has 1 saturated heterocycles. The average Bonchev–Trinajstić information content (AvgIpc) is 2.67. The van der Waals surface area contributed by atoms with Crippen molar-refractivity contribution >= 4 is 15.8 Å². The van der Waals surface area contributed by atoms with Gasteiger partial charge in [0.1, 0.15) is 11.6 Å². The lowest BCUT2D eigenvalue weighted by atomic mass is 10.2. The fraction of sp³-hybridized carbons (Fsp3) is 0.353. The van der Waals surface area contributed by atoms with Gasteiger partial charge in [0.25, 0.3) is 0 Å². The average molecular weight is 457 g/mol. The van der Waals surface area contributed by atoms with Crippen molar-refractivity contribution in [2.45, 2.75) is 17.2 Å². The molecule has 0 N–H and O–H groups in total. The van der Waals surface area contributed by atoms with Crippen molar-refractivity contribution in [1.82, 2.24) is 9.29 Å². The maximum atomic E-state index is 13.4. The van der Waals surface area contributed by atoms with Crippen LogP contribution in [-0.2, 0) is 22.4 Å². The zero-order chi connectivity index (χ0) is 22.3.